The van der Waals surface area contributed by atoms with Gasteiger partial charge in [-0.25, -0.2) is 4.39 Å². The van der Waals surface area contributed by atoms with Crippen molar-refractivity contribution < 1.29 is 13.9 Å². The second-order valence-electron chi connectivity index (χ2n) is 2.30. The summed E-state index contributed by atoms with van der Waals surface area (Å²) in [6, 6.07) is 2.75. The standard InChI is InChI=1S/C9H10FO2/c1-6-4-8(11-2)9(12-3)5-7(6)10/h4-5H,1H2,2-3H3. The van der Waals surface area contributed by atoms with Gasteiger partial charge in [0.05, 0.1) is 14.2 Å². The molecule has 12 heavy (non-hydrogen) atoms. The molecule has 65 valence electrons. The summed E-state index contributed by atoms with van der Waals surface area (Å²) in [5, 5.41) is 0. The first-order valence-corrected chi connectivity index (χ1v) is 3.42. The lowest BCUT2D eigenvalue weighted by molar-refractivity contribution is 0.352. The number of ether oxygens (including phenoxy) is 2. The molecule has 0 heterocycles. The van der Waals surface area contributed by atoms with Crippen LogP contribution in [0.5, 0.6) is 11.5 Å². The van der Waals surface area contributed by atoms with Gasteiger partial charge >= 0.3 is 0 Å². The van der Waals surface area contributed by atoms with E-state index in [1.165, 1.54) is 26.4 Å². The van der Waals surface area contributed by atoms with Crippen molar-refractivity contribution in [3.63, 3.8) is 0 Å². The Bertz CT molecular complexity index is 255. The number of hydrogen-bond donors (Lipinski definition) is 0. The Labute approximate surface area is 70.9 Å². The van der Waals surface area contributed by atoms with Gasteiger partial charge in [-0.3, -0.25) is 0 Å². The zero-order valence-corrected chi connectivity index (χ0v) is 7.06. The van der Waals surface area contributed by atoms with E-state index in [9.17, 15) is 4.39 Å². The van der Waals surface area contributed by atoms with Gasteiger partial charge in [0, 0.05) is 6.07 Å². The highest BCUT2D eigenvalue weighted by molar-refractivity contribution is 5.44. The van der Waals surface area contributed by atoms with Crippen molar-refractivity contribution in [1.29, 1.82) is 0 Å². The lowest BCUT2D eigenvalue weighted by atomic mass is 10.2. The molecule has 2 nitrogen and oxygen atoms in total. The lowest BCUT2D eigenvalue weighted by Gasteiger charge is -2.08. The number of rotatable bonds is 2. The minimum Gasteiger partial charge on any atom is -0.493 e. The maximum Gasteiger partial charge on any atom is 0.163 e. The third-order valence-electron chi connectivity index (χ3n) is 1.55. The fourth-order valence-corrected chi connectivity index (χ4v) is 0.896. The quantitative estimate of drug-likeness (QED) is 0.674. The van der Waals surface area contributed by atoms with E-state index in [1.807, 2.05) is 0 Å². The first-order valence-electron chi connectivity index (χ1n) is 3.42. The van der Waals surface area contributed by atoms with E-state index >= 15 is 0 Å². The van der Waals surface area contributed by atoms with Gasteiger partial charge in [-0.1, -0.05) is 0 Å². The molecular formula is C9H10FO2. The van der Waals surface area contributed by atoms with Crippen LogP contribution in [0.1, 0.15) is 5.56 Å². The van der Waals surface area contributed by atoms with Gasteiger partial charge < -0.3 is 9.47 Å². The normalized spacial score (nSPS) is 9.67. The summed E-state index contributed by atoms with van der Waals surface area (Å²) in [4.78, 5) is 0. The first kappa shape index (κ1) is 8.84. The summed E-state index contributed by atoms with van der Waals surface area (Å²) in [5.74, 6) is 0.471. The highest BCUT2D eigenvalue weighted by Gasteiger charge is 2.07. The molecule has 0 unspecified atom stereocenters. The third kappa shape index (κ3) is 1.49. The van der Waals surface area contributed by atoms with E-state index in [1.54, 1.807) is 0 Å². The molecule has 0 N–H and O–H groups in total. The van der Waals surface area contributed by atoms with Crippen LogP contribution in [0.2, 0.25) is 0 Å². The van der Waals surface area contributed by atoms with Crippen molar-refractivity contribution in [2.24, 2.45) is 0 Å². The SMILES string of the molecule is [CH2]c1cc(OC)c(OC)cc1F. The predicted molar refractivity (Wildman–Crippen MR) is 44.0 cm³/mol. The van der Waals surface area contributed by atoms with Crippen molar-refractivity contribution in [3.8, 4) is 11.5 Å². The Morgan fingerprint density at radius 3 is 2.17 bits per heavy atom. The number of benzene rings is 1. The van der Waals surface area contributed by atoms with Crippen molar-refractivity contribution >= 4 is 0 Å². The number of halogens is 1. The molecule has 0 saturated carbocycles. The summed E-state index contributed by atoms with van der Waals surface area (Å²) in [6.07, 6.45) is 0. The summed E-state index contributed by atoms with van der Waals surface area (Å²) >= 11 is 0. The van der Waals surface area contributed by atoms with E-state index < -0.39 is 5.82 Å². The summed E-state index contributed by atoms with van der Waals surface area (Å²) in [7, 11) is 2.95. The molecule has 0 aromatic heterocycles. The molecule has 0 fully saturated rings. The van der Waals surface area contributed by atoms with Crippen LogP contribution < -0.4 is 9.47 Å². The fraction of sp³-hybridized carbons (Fsp3) is 0.222. The zero-order chi connectivity index (χ0) is 9.14. The van der Waals surface area contributed by atoms with Crippen molar-refractivity contribution in [1.82, 2.24) is 0 Å². The topological polar surface area (TPSA) is 18.5 Å². The largest absolute Gasteiger partial charge is 0.493 e. The average molecular weight is 169 g/mol. The molecule has 0 aliphatic rings. The molecule has 1 radical (unpaired) electrons. The van der Waals surface area contributed by atoms with E-state index in [4.69, 9.17) is 9.47 Å². The number of hydrogen-bond acceptors (Lipinski definition) is 2. The molecule has 0 spiro atoms. The smallest absolute Gasteiger partial charge is 0.163 e. The Morgan fingerprint density at radius 2 is 1.67 bits per heavy atom. The molecule has 1 aromatic carbocycles. The summed E-state index contributed by atoms with van der Waals surface area (Å²) in [6.45, 7) is 3.49. The first-order chi connectivity index (χ1) is 5.69. The number of methoxy groups -OCH3 is 2. The molecule has 0 amide bonds. The minimum atomic E-state index is -0.396. The summed E-state index contributed by atoms with van der Waals surface area (Å²) < 4.78 is 22.7. The Morgan fingerprint density at radius 1 is 1.17 bits per heavy atom. The van der Waals surface area contributed by atoms with E-state index in [0.717, 1.165) is 0 Å². The Balaban J connectivity index is 3.19. The Kier molecular flexibility index (Phi) is 2.53. The Hall–Kier alpha value is -1.25. The zero-order valence-electron chi connectivity index (χ0n) is 7.06. The van der Waals surface area contributed by atoms with Gasteiger partial charge in [-0.2, -0.15) is 0 Å². The highest BCUT2D eigenvalue weighted by atomic mass is 19.1. The van der Waals surface area contributed by atoms with E-state index in [2.05, 4.69) is 6.92 Å². The molecule has 3 heteroatoms. The van der Waals surface area contributed by atoms with Crippen LogP contribution in [-0.2, 0) is 0 Å². The molecule has 0 bridgehead atoms. The molecule has 0 atom stereocenters. The van der Waals surface area contributed by atoms with Crippen LogP contribution in [0.25, 0.3) is 0 Å². The van der Waals surface area contributed by atoms with Gasteiger partial charge in [-0.15, -0.1) is 0 Å². The van der Waals surface area contributed by atoms with Gasteiger partial charge in [0.1, 0.15) is 5.82 Å². The molecular weight excluding hydrogens is 159 g/mol. The van der Waals surface area contributed by atoms with E-state index in [-0.39, 0.29) is 0 Å². The molecule has 1 aromatic rings. The minimum absolute atomic E-state index is 0.299. The van der Waals surface area contributed by atoms with Gasteiger partial charge in [-0.05, 0) is 18.6 Å². The third-order valence-corrected chi connectivity index (χ3v) is 1.55. The van der Waals surface area contributed by atoms with Gasteiger partial charge in [0.2, 0.25) is 0 Å². The monoisotopic (exact) mass is 169 g/mol. The van der Waals surface area contributed by atoms with Crippen LogP contribution in [0.3, 0.4) is 0 Å². The fourth-order valence-electron chi connectivity index (χ4n) is 0.896. The predicted octanol–water partition coefficient (Wildman–Crippen LogP) is 2.03. The van der Waals surface area contributed by atoms with Crippen LogP contribution in [0, 0.1) is 12.7 Å². The molecule has 0 aliphatic heterocycles. The second kappa shape index (κ2) is 3.43. The van der Waals surface area contributed by atoms with Crippen LogP contribution in [0.15, 0.2) is 12.1 Å². The highest BCUT2D eigenvalue weighted by Crippen LogP contribution is 2.29. The average Bonchev–Trinajstić information content (AvgIpc) is 2.09. The van der Waals surface area contributed by atoms with Crippen LogP contribution in [-0.4, -0.2) is 14.2 Å². The van der Waals surface area contributed by atoms with Crippen LogP contribution in [0.4, 0.5) is 4.39 Å². The van der Waals surface area contributed by atoms with Crippen molar-refractivity contribution in [3.05, 3.63) is 30.4 Å². The summed E-state index contributed by atoms with van der Waals surface area (Å²) in [5.41, 5.74) is 0.299. The second-order valence-corrected chi connectivity index (χ2v) is 2.30. The molecule has 1 rings (SSSR count). The van der Waals surface area contributed by atoms with Crippen molar-refractivity contribution in [2.75, 3.05) is 14.2 Å². The van der Waals surface area contributed by atoms with Crippen LogP contribution >= 0.6 is 0 Å². The maximum absolute atomic E-state index is 12.9. The van der Waals surface area contributed by atoms with E-state index in [0.29, 0.717) is 17.1 Å². The van der Waals surface area contributed by atoms with Crippen molar-refractivity contribution in [2.45, 2.75) is 0 Å². The molecule has 0 aliphatic carbocycles. The maximum atomic E-state index is 12.9. The van der Waals surface area contributed by atoms with Gasteiger partial charge in [0.25, 0.3) is 0 Å². The lowest BCUT2D eigenvalue weighted by Crippen LogP contribution is -1.93. The van der Waals surface area contributed by atoms with Gasteiger partial charge in [0.15, 0.2) is 11.5 Å². The molecule has 0 saturated heterocycles.